The maximum atomic E-state index is 13.1. The van der Waals surface area contributed by atoms with Crippen LogP contribution in [0.2, 0.25) is 0 Å². The van der Waals surface area contributed by atoms with E-state index in [-0.39, 0.29) is 11.3 Å². The number of benzene rings is 2. The van der Waals surface area contributed by atoms with Gasteiger partial charge in [0.05, 0.1) is 22.7 Å². The number of rotatable bonds is 3. The van der Waals surface area contributed by atoms with Gasteiger partial charge in [0.2, 0.25) is 0 Å². The molecule has 0 aliphatic heterocycles. The number of halogens is 3. The van der Waals surface area contributed by atoms with Crippen LogP contribution in [-0.2, 0) is 19.1 Å². The lowest BCUT2D eigenvalue weighted by Gasteiger charge is -2.25. The molecule has 5 rings (SSSR count). The SMILES string of the molecule is O=C1c2cc(C(F)(F)F)ccc2CCC1n1ncc2c[n+](Cc3ccccc3)ccc21. The zero-order chi connectivity index (χ0) is 21.6. The number of alkyl halides is 3. The molecule has 0 radical (unpaired) electrons. The van der Waals surface area contributed by atoms with Crippen LogP contribution in [0.4, 0.5) is 13.2 Å². The largest absolute Gasteiger partial charge is 0.416 e. The summed E-state index contributed by atoms with van der Waals surface area (Å²) in [6, 6.07) is 14.8. The molecule has 0 N–H and O–H groups in total. The van der Waals surface area contributed by atoms with Crippen LogP contribution >= 0.6 is 0 Å². The molecule has 1 aliphatic carbocycles. The number of nitrogens with zero attached hydrogens (tertiary/aromatic N) is 3. The Bertz CT molecular complexity index is 1280. The second kappa shape index (κ2) is 7.34. The number of hydrogen-bond acceptors (Lipinski definition) is 2. The van der Waals surface area contributed by atoms with Crippen molar-refractivity contribution in [3.8, 4) is 0 Å². The molecule has 7 heteroatoms. The molecule has 0 saturated carbocycles. The topological polar surface area (TPSA) is 38.8 Å². The van der Waals surface area contributed by atoms with E-state index in [2.05, 4.69) is 5.10 Å². The van der Waals surface area contributed by atoms with Gasteiger partial charge in [0.15, 0.2) is 24.7 Å². The number of aryl methyl sites for hydroxylation is 1. The Morgan fingerprint density at radius 2 is 1.90 bits per heavy atom. The van der Waals surface area contributed by atoms with Crippen LogP contribution in [0, 0.1) is 0 Å². The molecule has 2 aromatic heterocycles. The minimum atomic E-state index is -4.48. The molecular weight excluding hydrogens is 403 g/mol. The van der Waals surface area contributed by atoms with Crippen molar-refractivity contribution in [2.45, 2.75) is 31.6 Å². The lowest BCUT2D eigenvalue weighted by Crippen LogP contribution is -2.33. The van der Waals surface area contributed by atoms with Crippen LogP contribution in [0.3, 0.4) is 0 Å². The van der Waals surface area contributed by atoms with Gasteiger partial charge in [-0.2, -0.15) is 22.8 Å². The summed E-state index contributed by atoms with van der Waals surface area (Å²) in [5.74, 6) is -0.321. The molecule has 1 unspecified atom stereocenters. The average molecular weight is 422 g/mol. The van der Waals surface area contributed by atoms with Crippen LogP contribution in [0.5, 0.6) is 0 Å². The first kappa shape index (κ1) is 19.5. The van der Waals surface area contributed by atoms with Gasteiger partial charge < -0.3 is 0 Å². The van der Waals surface area contributed by atoms with Crippen LogP contribution in [0.25, 0.3) is 10.9 Å². The van der Waals surface area contributed by atoms with E-state index in [1.165, 1.54) is 11.6 Å². The summed E-state index contributed by atoms with van der Waals surface area (Å²) in [5, 5.41) is 5.30. The van der Waals surface area contributed by atoms with Crippen LogP contribution in [0.15, 0.2) is 73.2 Å². The van der Waals surface area contributed by atoms with Crippen molar-refractivity contribution in [1.82, 2.24) is 9.78 Å². The van der Waals surface area contributed by atoms with Crippen molar-refractivity contribution in [3.05, 3.63) is 95.4 Å². The van der Waals surface area contributed by atoms with Crippen molar-refractivity contribution < 1.29 is 22.5 Å². The van der Waals surface area contributed by atoms with Crippen molar-refractivity contribution in [2.24, 2.45) is 0 Å². The van der Waals surface area contributed by atoms with Crippen molar-refractivity contribution in [3.63, 3.8) is 0 Å². The predicted octanol–water partition coefficient (Wildman–Crippen LogP) is 4.76. The van der Waals surface area contributed by atoms with Gasteiger partial charge in [-0.1, -0.05) is 36.4 Å². The summed E-state index contributed by atoms with van der Waals surface area (Å²) in [4.78, 5) is 13.1. The van der Waals surface area contributed by atoms with Crippen LogP contribution in [-0.4, -0.2) is 15.6 Å². The average Bonchev–Trinajstić information content (AvgIpc) is 3.17. The van der Waals surface area contributed by atoms with Gasteiger partial charge in [-0.25, -0.2) is 0 Å². The monoisotopic (exact) mass is 422 g/mol. The fraction of sp³-hybridized carbons (Fsp3) is 0.208. The molecule has 1 aliphatic rings. The van der Waals surface area contributed by atoms with E-state index in [1.807, 2.05) is 53.4 Å². The molecule has 4 nitrogen and oxygen atoms in total. The normalized spacial score (nSPS) is 16.5. The maximum Gasteiger partial charge on any atom is 0.416 e. The van der Waals surface area contributed by atoms with Gasteiger partial charge >= 0.3 is 6.18 Å². The van der Waals surface area contributed by atoms with Crippen molar-refractivity contribution in [1.29, 1.82) is 0 Å². The predicted molar refractivity (Wildman–Crippen MR) is 109 cm³/mol. The molecule has 0 saturated heterocycles. The Labute approximate surface area is 176 Å². The summed E-state index contributed by atoms with van der Waals surface area (Å²) in [7, 11) is 0. The second-order valence-corrected chi connectivity index (χ2v) is 7.82. The summed E-state index contributed by atoms with van der Waals surface area (Å²) in [6.07, 6.45) is 2.16. The molecule has 0 spiro atoms. The molecule has 0 amide bonds. The van der Waals surface area contributed by atoms with Gasteiger partial charge in [0.1, 0.15) is 6.04 Å². The maximum absolute atomic E-state index is 13.1. The number of aromatic nitrogens is 3. The lowest BCUT2D eigenvalue weighted by atomic mass is 9.86. The molecule has 156 valence electrons. The molecule has 1 atom stereocenters. The van der Waals surface area contributed by atoms with Gasteiger partial charge in [-0.15, -0.1) is 0 Å². The molecule has 0 fully saturated rings. The first-order valence-corrected chi connectivity index (χ1v) is 10.0. The van der Waals surface area contributed by atoms with Crippen LogP contribution in [0.1, 0.15) is 39.5 Å². The third-order valence-electron chi connectivity index (χ3n) is 5.79. The van der Waals surface area contributed by atoms with Crippen molar-refractivity contribution >= 4 is 16.7 Å². The molecule has 2 heterocycles. The van der Waals surface area contributed by atoms with Gasteiger partial charge in [-0.05, 0) is 30.5 Å². The van der Waals surface area contributed by atoms with Gasteiger partial charge in [-0.3, -0.25) is 9.48 Å². The number of hydrogen-bond donors (Lipinski definition) is 0. The van der Waals surface area contributed by atoms with E-state index in [0.29, 0.717) is 24.9 Å². The summed E-state index contributed by atoms with van der Waals surface area (Å²) in [5.41, 5.74) is 1.96. The Morgan fingerprint density at radius 1 is 1.10 bits per heavy atom. The van der Waals surface area contributed by atoms with Crippen molar-refractivity contribution in [2.75, 3.05) is 0 Å². The van der Waals surface area contributed by atoms with E-state index in [9.17, 15) is 18.0 Å². The molecule has 31 heavy (non-hydrogen) atoms. The first-order chi connectivity index (χ1) is 14.9. The summed E-state index contributed by atoms with van der Waals surface area (Å²) < 4.78 is 43.1. The Hall–Kier alpha value is -3.48. The highest BCUT2D eigenvalue weighted by atomic mass is 19.4. The Kier molecular flexibility index (Phi) is 4.61. The zero-order valence-electron chi connectivity index (χ0n) is 16.5. The fourth-order valence-electron chi connectivity index (χ4n) is 4.22. The highest BCUT2D eigenvalue weighted by molar-refractivity contribution is 6.02. The fourth-order valence-corrected chi connectivity index (χ4v) is 4.22. The molecule has 4 aromatic rings. The summed E-state index contributed by atoms with van der Waals surface area (Å²) >= 11 is 0. The number of carbonyl (C=O) groups excluding carboxylic acids is 1. The smallest absolute Gasteiger partial charge is 0.292 e. The molecule has 2 aromatic carbocycles. The van der Waals surface area contributed by atoms with Crippen LogP contribution < -0.4 is 4.57 Å². The highest BCUT2D eigenvalue weighted by Gasteiger charge is 2.35. The quantitative estimate of drug-likeness (QED) is 0.447. The Balaban J connectivity index is 1.47. The number of ketones is 1. The lowest BCUT2D eigenvalue weighted by molar-refractivity contribution is -0.687. The molecular formula is C24H19F3N3O+. The molecule has 0 bridgehead atoms. The number of Topliss-reactive ketones (excluding diaryl/α,β-unsaturated/α-hetero) is 1. The zero-order valence-corrected chi connectivity index (χ0v) is 16.5. The number of carbonyl (C=O) groups is 1. The minimum Gasteiger partial charge on any atom is -0.292 e. The van der Waals surface area contributed by atoms with E-state index in [4.69, 9.17) is 0 Å². The van der Waals surface area contributed by atoms with E-state index < -0.39 is 17.8 Å². The minimum absolute atomic E-state index is 0.143. The van der Waals surface area contributed by atoms with Gasteiger partial charge in [0.25, 0.3) is 0 Å². The van der Waals surface area contributed by atoms with E-state index >= 15 is 0 Å². The number of fused-ring (bicyclic) bond motifs is 2. The third kappa shape index (κ3) is 3.60. The second-order valence-electron chi connectivity index (χ2n) is 7.82. The standard InChI is InChI=1S/C24H19F3N3O/c25-24(26,27)19-8-6-17-7-9-22(23(31)20(17)12-19)30-21-10-11-29(15-18(21)13-28-30)14-16-4-2-1-3-5-16/h1-6,8,10-13,15,22H,7,9,14H2/q+1. The number of pyridine rings is 1. The summed E-state index contributed by atoms with van der Waals surface area (Å²) in [6.45, 7) is 0.706. The van der Waals surface area contributed by atoms with Gasteiger partial charge in [0, 0.05) is 17.2 Å². The van der Waals surface area contributed by atoms with E-state index in [1.54, 1.807) is 10.9 Å². The van der Waals surface area contributed by atoms with E-state index in [0.717, 1.165) is 23.0 Å². The Morgan fingerprint density at radius 3 is 2.68 bits per heavy atom. The third-order valence-corrected chi connectivity index (χ3v) is 5.79. The first-order valence-electron chi connectivity index (χ1n) is 10.0. The highest BCUT2D eigenvalue weighted by Crippen LogP contribution is 2.35.